The molecule has 0 bridgehead atoms. The smallest absolute Gasteiger partial charge is 0.242 e. The number of nitrogens with zero attached hydrogens (tertiary/aromatic N) is 4. The molecule has 0 N–H and O–H groups in total. The maximum absolute atomic E-state index is 12.0. The lowest BCUT2D eigenvalue weighted by atomic mass is 10.4. The Morgan fingerprint density at radius 2 is 2.32 bits per heavy atom. The van der Waals surface area contributed by atoms with Crippen LogP contribution in [0.5, 0.6) is 0 Å². The molecule has 0 aliphatic rings. The Bertz CT molecular complexity index is 613. The van der Waals surface area contributed by atoms with Gasteiger partial charge in [0, 0.05) is 24.3 Å². The molecule has 2 rings (SSSR count). The first-order valence-electron chi connectivity index (χ1n) is 5.87. The molecule has 0 aromatic carbocycles. The first-order valence-corrected chi connectivity index (χ1v) is 7.20. The minimum atomic E-state index is 0.0119. The molecule has 7 heteroatoms. The molecule has 0 spiro atoms. The zero-order valence-electron chi connectivity index (χ0n) is 10.7. The average Bonchev–Trinajstić information content (AvgIpc) is 2.74. The number of hydrogen-bond acceptors (Lipinski definition) is 3. The lowest BCUT2D eigenvalue weighted by molar-refractivity contribution is -0.130. The summed E-state index contributed by atoms with van der Waals surface area (Å²) in [6.07, 6.45) is 1.69. The molecule has 0 atom stereocenters. The SMILES string of the molecule is CCN(C)C(=O)Cn1c(CCl)nc2cc(Br)cnc21. The summed E-state index contributed by atoms with van der Waals surface area (Å²) < 4.78 is 2.62. The first kappa shape index (κ1) is 14.3. The van der Waals surface area contributed by atoms with Gasteiger partial charge in [-0.15, -0.1) is 11.6 Å². The van der Waals surface area contributed by atoms with E-state index in [4.69, 9.17) is 11.6 Å². The average molecular weight is 346 g/mol. The predicted molar refractivity (Wildman–Crippen MR) is 78.1 cm³/mol. The van der Waals surface area contributed by atoms with Gasteiger partial charge in [0.15, 0.2) is 5.65 Å². The molecule has 2 aromatic heterocycles. The molecule has 102 valence electrons. The highest BCUT2D eigenvalue weighted by molar-refractivity contribution is 9.10. The molecule has 0 unspecified atom stereocenters. The number of likely N-dealkylation sites (N-methyl/N-ethyl adjacent to an activating group) is 1. The zero-order valence-corrected chi connectivity index (χ0v) is 13.1. The molecule has 1 amide bonds. The maximum atomic E-state index is 12.0. The molecule has 0 aliphatic carbocycles. The number of rotatable bonds is 4. The van der Waals surface area contributed by atoms with Crippen LogP contribution in [-0.4, -0.2) is 38.9 Å². The Balaban J connectivity index is 2.43. The monoisotopic (exact) mass is 344 g/mol. The highest BCUT2D eigenvalue weighted by Crippen LogP contribution is 2.19. The van der Waals surface area contributed by atoms with Gasteiger partial charge in [-0.2, -0.15) is 0 Å². The van der Waals surface area contributed by atoms with Crippen molar-refractivity contribution in [2.75, 3.05) is 13.6 Å². The summed E-state index contributed by atoms with van der Waals surface area (Å²) in [5.74, 6) is 0.912. The number of hydrogen-bond donors (Lipinski definition) is 0. The van der Waals surface area contributed by atoms with E-state index in [2.05, 4.69) is 25.9 Å². The molecule has 0 fully saturated rings. The van der Waals surface area contributed by atoms with Crippen molar-refractivity contribution in [2.45, 2.75) is 19.3 Å². The van der Waals surface area contributed by atoms with Crippen LogP contribution in [0.15, 0.2) is 16.7 Å². The van der Waals surface area contributed by atoms with Crippen molar-refractivity contribution in [1.82, 2.24) is 19.4 Å². The maximum Gasteiger partial charge on any atom is 0.242 e. The van der Waals surface area contributed by atoms with Gasteiger partial charge in [0.1, 0.15) is 17.9 Å². The van der Waals surface area contributed by atoms with E-state index in [-0.39, 0.29) is 18.3 Å². The van der Waals surface area contributed by atoms with E-state index < -0.39 is 0 Å². The van der Waals surface area contributed by atoms with E-state index in [1.807, 2.05) is 13.0 Å². The Hall–Kier alpha value is -1.14. The Labute approximate surface area is 124 Å². The zero-order chi connectivity index (χ0) is 14.0. The van der Waals surface area contributed by atoms with Crippen LogP contribution in [0.3, 0.4) is 0 Å². The molecule has 0 aliphatic heterocycles. The fourth-order valence-electron chi connectivity index (χ4n) is 1.73. The second kappa shape index (κ2) is 5.88. The number of carbonyl (C=O) groups is 1. The molecule has 2 aromatic rings. The van der Waals surface area contributed by atoms with Gasteiger partial charge in [0.2, 0.25) is 5.91 Å². The fraction of sp³-hybridized carbons (Fsp3) is 0.417. The summed E-state index contributed by atoms with van der Waals surface area (Å²) in [5.41, 5.74) is 1.41. The van der Waals surface area contributed by atoms with Crippen LogP contribution in [0.1, 0.15) is 12.7 Å². The second-order valence-corrected chi connectivity index (χ2v) is 5.33. The van der Waals surface area contributed by atoms with Crippen LogP contribution in [0, 0.1) is 0 Å². The lowest BCUT2D eigenvalue weighted by Crippen LogP contribution is -2.30. The number of imidazole rings is 1. The number of fused-ring (bicyclic) bond motifs is 1. The summed E-state index contributed by atoms with van der Waals surface area (Å²) in [4.78, 5) is 22.4. The summed E-state index contributed by atoms with van der Waals surface area (Å²) in [5, 5.41) is 0. The summed E-state index contributed by atoms with van der Waals surface area (Å²) in [6.45, 7) is 2.81. The number of carbonyl (C=O) groups excluding carboxylic acids is 1. The normalized spacial score (nSPS) is 10.9. The Morgan fingerprint density at radius 3 is 2.95 bits per heavy atom. The summed E-state index contributed by atoms with van der Waals surface area (Å²) in [6, 6.07) is 1.86. The lowest BCUT2D eigenvalue weighted by Gasteiger charge is -2.15. The number of halogens is 2. The van der Waals surface area contributed by atoms with Crippen LogP contribution >= 0.6 is 27.5 Å². The van der Waals surface area contributed by atoms with Gasteiger partial charge in [0.05, 0.1) is 5.88 Å². The van der Waals surface area contributed by atoms with Gasteiger partial charge >= 0.3 is 0 Å². The molecule has 5 nitrogen and oxygen atoms in total. The van der Waals surface area contributed by atoms with Crippen molar-refractivity contribution in [1.29, 1.82) is 0 Å². The summed E-state index contributed by atoms with van der Waals surface area (Å²) >= 11 is 9.25. The van der Waals surface area contributed by atoms with Crippen LogP contribution in [0.4, 0.5) is 0 Å². The Morgan fingerprint density at radius 1 is 1.58 bits per heavy atom. The van der Waals surface area contributed by atoms with Crippen LogP contribution in [0.25, 0.3) is 11.2 Å². The van der Waals surface area contributed by atoms with E-state index in [0.29, 0.717) is 18.0 Å². The Kier molecular flexibility index (Phi) is 4.42. The van der Waals surface area contributed by atoms with Crippen molar-refractivity contribution < 1.29 is 4.79 Å². The van der Waals surface area contributed by atoms with Gasteiger partial charge in [-0.25, -0.2) is 9.97 Å². The van der Waals surface area contributed by atoms with Crippen molar-refractivity contribution in [3.05, 3.63) is 22.6 Å². The van der Waals surface area contributed by atoms with Crippen LogP contribution in [0.2, 0.25) is 0 Å². The van der Waals surface area contributed by atoms with Crippen molar-refractivity contribution in [3.63, 3.8) is 0 Å². The van der Waals surface area contributed by atoms with E-state index in [1.165, 1.54) is 0 Å². The predicted octanol–water partition coefficient (Wildman–Crippen LogP) is 2.41. The van der Waals surface area contributed by atoms with Crippen LogP contribution < -0.4 is 0 Å². The van der Waals surface area contributed by atoms with Crippen molar-refractivity contribution in [2.24, 2.45) is 0 Å². The quantitative estimate of drug-likeness (QED) is 0.800. The molecule has 0 radical (unpaired) electrons. The number of aromatic nitrogens is 3. The topological polar surface area (TPSA) is 51.0 Å². The molecular formula is C12H14BrClN4O. The van der Waals surface area contributed by atoms with Gasteiger partial charge < -0.3 is 9.47 Å². The minimum absolute atomic E-state index is 0.0119. The van der Waals surface area contributed by atoms with Gasteiger partial charge in [0.25, 0.3) is 0 Å². The molecular weight excluding hydrogens is 332 g/mol. The van der Waals surface area contributed by atoms with Gasteiger partial charge in [-0.3, -0.25) is 4.79 Å². The summed E-state index contributed by atoms with van der Waals surface area (Å²) in [7, 11) is 1.77. The number of pyridine rings is 1. The molecule has 2 heterocycles. The minimum Gasteiger partial charge on any atom is -0.344 e. The standard InChI is InChI=1S/C12H14BrClN4O/c1-3-17(2)11(19)7-18-10(5-14)16-9-4-8(13)6-15-12(9)18/h4,6H,3,5,7H2,1-2H3. The molecule has 19 heavy (non-hydrogen) atoms. The second-order valence-electron chi connectivity index (χ2n) is 4.15. The van der Waals surface area contributed by atoms with E-state index in [1.54, 1.807) is 22.7 Å². The molecule has 0 saturated heterocycles. The van der Waals surface area contributed by atoms with E-state index in [0.717, 1.165) is 9.99 Å². The number of alkyl halides is 1. The number of amides is 1. The van der Waals surface area contributed by atoms with Gasteiger partial charge in [-0.05, 0) is 28.9 Å². The highest BCUT2D eigenvalue weighted by atomic mass is 79.9. The highest BCUT2D eigenvalue weighted by Gasteiger charge is 2.16. The van der Waals surface area contributed by atoms with Gasteiger partial charge in [-0.1, -0.05) is 0 Å². The van der Waals surface area contributed by atoms with Crippen molar-refractivity contribution >= 4 is 44.6 Å². The third-order valence-electron chi connectivity index (χ3n) is 2.94. The van der Waals surface area contributed by atoms with E-state index in [9.17, 15) is 4.79 Å². The first-order chi connectivity index (χ1) is 9.06. The largest absolute Gasteiger partial charge is 0.344 e. The third kappa shape index (κ3) is 2.90. The third-order valence-corrected chi connectivity index (χ3v) is 3.62. The van der Waals surface area contributed by atoms with Crippen LogP contribution in [-0.2, 0) is 17.2 Å². The molecule has 0 saturated carbocycles. The van der Waals surface area contributed by atoms with Crippen molar-refractivity contribution in [3.8, 4) is 0 Å². The fourth-order valence-corrected chi connectivity index (χ4v) is 2.26. The van der Waals surface area contributed by atoms with E-state index >= 15 is 0 Å².